The maximum atomic E-state index is 12.5. The Balaban J connectivity index is 1.89. The van der Waals surface area contributed by atoms with Crippen molar-refractivity contribution in [1.82, 2.24) is 4.90 Å². The molecule has 1 aliphatic rings. The van der Waals surface area contributed by atoms with E-state index in [9.17, 15) is 9.59 Å². The van der Waals surface area contributed by atoms with Gasteiger partial charge < -0.3 is 9.84 Å². The van der Waals surface area contributed by atoms with E-state index >= 15 is 0 Å². The van der Waals surface area contributed by atoms with Crippen LogP contribution in [0.5, 0.6) is 0 Å². The summed E-state index contributed by atoms with van der Waals surface area (Å²) in [4.78, 5) is 25.7. The van der Waals surface area contributed by atoms with Gasteiger partial charge in [0.05, 0.1) is 18.1 Å². The zero-order valence-electron chi connectivity index (χ0n) is 16.6. The van der Waals surface area contributed by atoms with Crippen molar-refractivity contribution in [3.05, 3.63) is 59.2 Å². The summed E-state index contributed by atoms with van der Waals surface area (Å²) in [6.07, 6.45) is 2.25. The van der Waals surface area contributed by atoms with E-state index < -0.39 is 5.97 Å². The van der Waals surface area contributed by atoms with Gasteiger partial charge >= 0.3 is 11.9 Å². The van der Waals surface area contributed by atoms with Crippen molar-refractivity contribution in [3.63, 3.8) is 0 Å². The highest BCUT2D eigenvalue weighted by Gasteiger charge is 2.27. The number of carboxylic acid groups (broad SMARTS) is 1. The summed E-state index contributed by atoms with van der Waals surface area (Å²) in [6.45, 7) is 4.39. The Morgan fingerprint density at radius 1 is 1.11 bits per heavy atom. The molecule has 148 valence electrons. The number of hydrogen-bond acceptors (Lipinski definition) is 4. The molecule has 0 radical (unpaired) electrons. The number of ether oxygens (including phenoxy) is 1. The monoisotopic (exact) mass is 381 g/mol. The zero-order valence-corrected chi connectivity index (χ0v) is 16.6. The van der Waals surface area contributed by atoms with Crippen molar-refractivity contribution < 1.29 is 19.4 Å². The van der Waals surface area contributed by atoms with Gasteiger partial charge in [-0.2, -0.15) is 0 Å². The summed E-state index contributed by atoms with van der Waals surface area (Å²) in [6, 6.07) is 13.9. The third-order valence-corrected chi connectivity index (χ3v) is 4.90. The number of carbonyl (C=O) groups is 2. The molecule has 0 unspecified atom stereocenters. The van der Waals surface area contributed by atoms with Crippen LogP contribution in [0.3, 0.4) is 0 Å². The minimum absolute atomic E-state index is 0.0116. The van der Waals surface area contributed by atoms with Crippen LogP contribution in [0.25, 0.3) is 11.1 Å². The van der Waals surface area contributed by atoms with Crippen LogP contribution in [-0.2, 0) is 22.5 Å². The van der Waals surface area contributed by atoms with Gasteiger partial charge in [0.15, 0.2) is 0 Å². The van der Waals surface area contributed by atoms with E-state index in [1.807, 2.05) is 56.3 Å². The zero-order chi connectivity index (χ0) is 20.3. The number of nitrogens with zero attached hydrogens (tertiary/aromatic N) is 1. The van der Waals surface area contributed by atoms with Crippen LogP contribution >= 0.6 is 0 Å². The molecule has 2 aromatic rings. The molecule has 5 heteroatoms. The molecular formula is C23H27NO4. The molecule has 3 rings (SSSR count). The molecule has 0 saturated heterocycles. The first-order valence-electron chi connectivity index (χ1n) is 9.68. The molecule has 0 spiro atoms. The predicted octanol–water partition coefficient (Wildman–Crippen LogP) is 4.14. The second-order valence-electron chi connectivity index (χ2n) is 7.74. The molecule has 28 heavy (non-hydrogen) atoms. The van der Waals surface area contributed by atoms with Crippen LogP contribution in [-0.4, -0.2) is 41.1 Å². The lowest BCUT2D eigenvalue weighted by Gasteiger charge is -2.19. The number of hydrogen-bond donors (Lipinski definition) is 1. The Labute approximate surface area is 165 Å². The lowest BCUT2D eigenvalue weighted by atomic mass is 9.97. The molecule has 0 atom stereocenters. The normalized spacial score (nSPS) is 13.8. The molecule has 0 heterocycles. The summed E-state index contributed by atoms with van der Waals surface area (Å²) in [5.41, 5.74) is 4.32. The average Bonchev–Trinajstić information content (AvgIpc) is 3.46. The van der Waals surface area contributed by atoms with E-state index in [4.69, 9.17) is 9.84 Å². The topological polar surface area (TPSA) is 66.8 Å². The van der Waals surface area contributed by atoms with Gasteiger partial charge in [0.25, 0.3) is 0 Å². The van der Waals surface area contributed by atoms with Gasteiger partial charge in [-0.25, -0.2) is 4.79 Å². The van der Waals surface area contributed by atoms with Gasteiger partial charge in [-0.05, 0) is 68.1 Å². The summed E-state index contributed by atoms with van der Waals surface area (Å²) >= 11 is 0. The highest BCUT2D eigenvalue weighted by atomic mass is 16.5. The second-order valence-corrected chi connectivity index (χ2v) is 7.74. The van der Waals surface area contributed by atoms with Crippen LogP contribution in [0.2, 0.25) is 0 Å². The molecule has 2 aromatic carbocycles. The summed E-state index contributed by atoms with van der Waals surface area (Å²) in [5, 5.41) is 8.92. The highest BCUT2D eigenvalue weighted by molar-refractivity contribution is 5.92. The molecular weight excluding hydrogens is 354 g/mol. The Kier molecular flexibility index (Phi) is 6.15. The molecule has 0 aliphatic heterocycles. The Bertz CT molecular complexity index is 853. The van der Waals surface area contributed by atoms with Crippen LogP contribution < -0.4 is 0 Å². The van der Waals surface area contributed by atoms with Gasteiger partial charge in [-0.15, -0.1) is 0 Å². The highest BCUT2D eigenvalue weighted by Crippen LogP contribution is 2.29. The van der Waals surface area contributed by atoms with Crippen LogP contribution in [0, 0.1) is 0 Å². The van der Waals surface area contributed by atoms with Crippen molar-refractivity contribution in [2.45, 2.75) is 51.8 Å². The van der Waals surface area contributed by atoms with Gasteiger partial charge in [0.2, 0.25) is 0 Å². The molecule has 0 aromatic heterocycles. The first-order valence-corrected chi connectivity index (χ1v) is 9.68. The molecule has 5 nitrogen and oxygen atoms in total. The molecule has 1 saturated carbocycles. The van der Waals surface area contributed by atoms with E-state index in [-0.39, 0.29) is 18.5 Å². The number of esters is 1. The fraction of sp³-hybridized carbons (Fsp3) is 0.391. The Morgan fingerprint density at radius 3 is 2.32 bits per heavy atom. The Hall–Kier alpha value is -2.66. The van der Waals surface area contributed by atoms with Crippen LogP contribution in [0.1, 0.15) is 48.2 Å². The average molecular weight is 381 g/mol. The van der Waals surface area contributed by atoms with E-state index in [0.29, 0.717) is 18.2 Å². The minimum atomic E-state index is -0.842. The summed E-state index contributed by atoms with van der Waals surface area (Å²) in [5.74, 6) is -1.14. The van der Waals surface area contributed by atoms with E-state index in [1.54, 1.807) is 0 Å². The quantitative estimate of drug-likeness (QED) is 0.696. The molecule has 0 amide bonds. The maximum absolute atomic E-state index is 12.5. The van der Waals surface area contributed by atoms with Crippen LogP contribution in [0.15, 0.2) is 42.5 Å². The predicted molar refractivity (Wildman–Crippen MR) is 108 cm³/mol. The number of benzene rings is 2. The number of aliphatic carboxylic acids is 1. The number of carbonyl (C=O) groups excluding carboxylic acids is 1. The first kappa shape index (κ1) is 20.1. The number of carboxylic acids is 1. The van der Waals surface area contributed by atoms with Crippen molar-refractivity contribution >= 4 is 11.9 Å². The number of rotatable bonds is 8. The van der Waals surface area contributed by atoms with Gasteiger partial charge in [-0.3, -0.25) is 9.69 Å². The van der Waals surface area contributed by atoms with Gasteiger partial charge in [-0.1, -0.05) is 30.3 Å². The summed E-state index contributed by atoms with van der Waals surface area (Å²) < 4.78 is 5.42. The molecule has 1 N–H and O–H groups in total. The summed E-state index contributed by atoms with van der Waals surface area (Å²) in [7, 11) is 2.09. The van der Waals surface area contributed by atoms with Crippen molar-refractivity contribution in [2.24, 2.45) is 0 Å². The fourth-order valence-corrected chi connectivity index (χ4v) is 3.28. The third-order valence-electron chi connectivity index (χ3n) is 4.90. The van der Waals surface area contributed by atoms with E-state index in [0.717, 1.165) is 22.3 Å². The van der Waals surface area contributed by atoms with Gasteiger partial charge in [0.1, 0.15) is 0 Å². The molecule has 1 aliphatic carbocycles. The van der Waals surface area contributed by atoms with Crippen molar-refractivity contribution in [2.75, 3.05) is 7.05 Å². The standard InChI is InChI=1S/C23H27NO4/c1-15(2)28-23(27)21-11-8-18(13-19(21)14-24(3)20-9-10-20)17-6-4-16(5-7-17)12-22(25)26/h4-8,11,13,15,20H,9-10,12,14H2,1-3H3,(H,25,26). The SMILES string of the molecule is CC(C)OC(=O)c1ccc(-c2ccc(CC(=O)O)cc2)cc1CN(C)C1CC1. The van der Waals surface area contributed by atoms with Gasteiger partial charge in [0, 0.05) is 12.6 Å². The largest absolute Gasteiger partial charge is 0.481 e. The lowest BCUT2D eigenvalue weighted by molar-refractivity contribution is -0.136. The van der Waals surface area contributed by atoms with Crippen molar-refractivity contribution in [3.8, 4) is 11.1 Å². The lowest BCUT2D eigenvalue weighted by Crippen LogP contribution is -2.22. The van der Waals surface area contributed by atoms with Crippen molar-refractivity contribution in [1.29, 1.82) is 0 Å². The van der Waals surface area contributed by atoms with Crippen LogP contribution in [0.4, 0.5) is 0 Å². The van der Waals surface area contributed by atoms with E-state index in [2.05, 4.69) is 11.9 Å². The first-order chi connectivity index (χ1) is 13.3. The van der Waals surface area contributed by atoms with E-state index in [1.165, 1.54) is 12.8 Å². The molecule has 0 bridgehead atoms. The Morgan fingerprint density at radius 2 is 1.75 bits per heavy atom. The smallest absolute Gasteiger partial charge is 0.338 e. The maximum Gasteiger partial charge on any atom is 0.338 e. The second kappa shape index (κ2) is 8.57. The minimum Gasteiger partial charge on any atom is -0.481 e. The third kappa shape index (κ3) is 5.20. The fourth-order valence-electron chi connectivity index (χ4n) is 3.28. The molecule has 1 fully saturated rings.